The zero-order valence-electron chi connectivity index (χ0n) is 15.7. The van der Waals surface area contributed by atoms with E-state index in [4.69, 9.17) is 39.8 Å². The second kappa shape index (κ2) is 9.03. The van der Waals surface area contributed by atoms with Crippen LogP contribution in [0.15, 0.2) is 29.6 Å². The van der Waals surface area contributed by atoms with E-state index >= 15 is 0 Å². The van der Waals surface area contributed by atoms with Crippen LogP contribution in [0.1, 0.15) is 33.3 Å². The summed E-state index contributed by atoms with van der Waals surface area (Å²) in [5, 5.41) is 8.40. The molecule has 0 fully saturated rings. The molecule has 0 aliphatic heterocycles. The number of fused-ring (bicyclic) bond motifs is 1. The maximum absolute atomic E-state index is 6.32. The number of aromatic nitrogens is 1. The lowest BCUT2D eigenvalue weighted by atomic mass is 10.1. The number of thiocarbonyl (C=S) groups is 1. The van der Waals surface area contributed by atoms with Crippen molar-refractivity contribution in [3.8, 4) is 18.1 Å². The van der Waals surface area contributed by atoms with Crippen molar-refractivity contribution in [1.82, 2.24) is 10.3 Å². The molecule has 0 spiro atoms. The molecule has 0 aliphatic carbocycles. The normalized spacial score (nSPS) is 12.6. The van der Waals surface area contributed by atoms with Gasteiger partial charge in [0, 0.05) is 23.2 Å². The Labute approximate surface area is 170 Å². The Morgan fingerprint density at radius 1 is 1.48 bits per heavy atom. The Balaban J connectivity index is 2.13. The molecule has 0 radical (unpaired) electrons. The maximum Gasteiger partial charge on any atom is 0.146 e. The third-order valence-corrected chi connectivity index (χ3v) is 4.31. The van der Waals surface area contributed by atoms with Crippen LogP contribution >= 0.6 is 23.8 Å². The van der Waals surface area contributed by atoms with Crippen molar-refractivity contribution < 1.29 is 9.57 Å². The average Bonchev–Trinajstić information content (AvgIpc) is 2.60. The molecule has 1 atom stereocenters. The Morgan fingerprint density at radius 2 is 2.22 bits per heavy atom. The van der Waals surface area contributed by atoms with E-state index in [1.54, 1.807) is 18.5 Å². The molecule has 1 aromatic carbocycles. The predicted molar refractivity (Wildman–Crippen MR) is 115 cm³/mol. The van der Waals surface area contributed by atoms with Gasteiger partial charge < -0.3 is 14.9 Å². The number of halogens is 1. The van der Waals surface area contributed by atoms with Crippen molar-refractivity contribution in [1.29, 1.82) is 0 Å². The zero-order chi connectivity index (χ0) is 20.0. The highest BCUT2D eigenvalue weighted by molar-refractivity contribution is 7.80. The van der Waals surface area contributed by atoms with Gasteiger partial charge in [-0.15, -0.1) is 6.42 Å². The standard InChI is InChI=1S/C20H22ClN3O2S/c1-6-14-8-15-9-16(10-17(21)18(15)22-11-14)26-13(3)19(27)24-20(4,5)12-23-25-7-2/h1,8-13H,7H2,2-5H3,(H,24,27). The van der Waals surface area contributed by atoms with Crippen LogP contribution in [0.2, 0.25) is 5.02 Å². The summed E-state index contributed by atoms with van der Waals surface area (Å²) in [6.45, 7) is 8.12. The number of hydrogen-bond donors (Lipinski definition) is 1. The number of terminal acetylenes is 1. The molecular formula is C20H22ClN3O2S. The van der Waals surface area contributed by atoms with Gasteiger partial charge in [0.2, 0.25) is 0 Å². The van der Waals surface area contributed by atoms with Gasteiger partial charge in [-0.05, 0) is 39.8 Å². The molecule has 2 rings (SSSR count). The summed E-state index contributed by atoms with van der Waals surface area (Å²) in [6, 6.07) is 5.40. The van der Waals surface area contributed by atoms with E-state index < -0.39 is 5.54 Å². The van der Waals surface area contributed by atoms with Gasteiger partial charge in [0.1, 0.15) is 23.4 Å². The van der Waals surface area contributed by atoms with E-state index in [0.717, 1.165) is 5.39 Å². The molecule has 1 heterocycles. The van der Waals surface area contributed by atoms with E-state index in [2.05, 4.69) is 21.4 Å². The second-order valence-electron chi connectivity index (χ2n) is 6.47. The summed E-state index contributed by atoms with van der Waals surface area (Å²) < 4.78 is 5.97. The average molecular weight is 404 g/mol. The van der Waals surface area contributed by atoms with E-state index in [0.29, 0.717) is 33.4 Å². The van der Waals surface area contributed by atoms with Gasteiger partial charge in [-0.25, -0.2) is 0 Å². The summed E-state index contributed by atoms with van der Waals surface area (Å²) in [6.07, 6.45) is 8.34. The number of hydrogen-bond acceptors (Lipinski definition) is 5. The fraction of sp³-hybridized carbons (Fsp3) is 0.350. The van der Waals surface area contributed by atoms with E-state index in [1.165, 1.54) is 0 Å². The third-order valence-electron chi connectivity index (χ3n) is 3.58. The van der Waals surface area contributed by atoms with Crippen molar-refractivity contribution in [2.24, 2.45) is 5.16 Å². The summed E-state index contributed by atoms with van der Waals surface area (Å²) in [7, 11) is 0. The number of oxime groups is 1. The topological polar surface area (TPSA) is 55.7 Å². The number of nitrogens with zero attached hydrogens (tertiary/aromatic N) is 2. The fourth-order valence-corrected chi connectivity index (χ4v) is 2.86. The highest BCUT2D eigenvalue weighted by Crippen LogP contribution is 2.29. The molecule has 1 aromatic heterocycles. The van der Waals surface area contributed by atoms with Crippen molar-refractivity contribution in [2.45, 2.75) is 39.3 Å². The van der Waals surface area contributed by atoms with Crippen molar-refractivity contribution in [3.63, 3.8) is 0 Å². The van der Waals surface area contributed by atoms with Crippen molar-refractivity contribution >= 4 is 45.9 Å². The van der Waals surface area contributed by atoms with Gasteiger partial charge in [-0.2, -0.15) is 0 Å². The molecule has 0 amide bonds. The third kappa shape index (κ3) is 5.81. The highest BCUT2D eigenvalue weighted by Gasteiger charge is 2.21. The molecule has 5 nitrogen and oxygen atoms in total. The number of pyridine rings is 1. The minimum Gasteiger partial charge on any atom is -0.484 e. The predicted octanol–water partition coefficient (Wildman–Crippen LogP) is 4.35. The van der Waals surface area contributed by atoms with Crippen LogP contribution in [0.3, 0.4) is 0 Å². The van der Waals surface area contributed by atoms with Gasteiger partial charge in [-0.1, -0.05) is 34.9 Å². The van der Waals surface area contributed by atoms with Crippen molar-refractivity contribution in [3.05, 3.63) is 35.0 Å². The van der Waals surface area contributed by atoms with Crippen LogP contribution in [-0.4, -0.2) is 34.4 Å². The molecule has 142 valence electrons. The molecule has 2 aromatic rings. The van der Waals surface area contributed by atoms with Crippen LogP contribution in [-0.2, 0) is 4.84 Å². The van der Waals surface area contributed by atoms with Gasteiger partial charge >= 0.3 is 0 Å². The van der Waals surface area contributed by atoms with Crippen LogP contribution < -0.4 is 10.1 Å². The Bertz CT molecular complexity index is 906. The summed E-state index contributed by atoms with van der Waals surface area (Å²) in [5.41, 5.74) is 0.872. The summed E-state index contributed by atoms with van der Waals surface area (Å²) in [4.78, 5) is 9.83. The lowest BCUT2D eigenvalue weighted by Gasteiger charge is -2.26. The van der Waals surface area contributed by atoms with Crippen LogP contribution in [0.5, 0.6) is 5.75 Å². The van der Waals surface area contributed by atoms with E-state index in [9.17, 15) is 0 Å². The largest absolute Gasteiger partial charge is 0.484 e. The molecule has 1 N–H and O–H groups in total. The monoisotopic (exact) mass is 403 g/mol. The van der Waals surface area contributed by atoms with Crippen LogP contribution in [0, 0.1) is 12.3 Å². The molecule has 0 bridgehead atoms. The molecular weight excluding hydrogens is 382 g/mol. The quantitative estimate of drug-likeness (QED) is 0.322. The summed E-state index contributed by atoms with van der Waals surface area (Å²) in [5.74, 6) is 3.15. The van der Waals surface area contributed by atoms with Crippen LogP contribution in [0.25, 0.3) is 10.9 Å². The van der Waals surface area contributed by atoms with Gasteiger partial charge in [0.25, 0.3) is 0 Å². The summed E-state index contributed by atoms with van der Waals surface area (Å²) >= 11 is 11.8. The first-order valence-corrected chi connectivity index (χ1v) is 9.25. The van der Waals surface area contributed by atoms with Gasteiger partial charge in [-0.3, -0.25) is 4.98 Å². The zero-order valence-corrected chi connectivity index (χ0v) is 17.3. The smallest absolute Gasteiger partial charge is 0.146 e. The molecule has 27 heavy (non-hydrogen) atoms. The van der Waals surface area contributed by atoms with Gasteiger partial charge in [0.15, 0.2) is 0 Å². The molecule has 0 saturated carbocycles. The first-order valence-electron chi connectivity index (χ1n) is 8.47. The molecule has 0 saturated heterocycles. The molecule has 0 aliphatic rings. The minimum atomic E-state index is -0.476. The number of ether oxygens (including phenoxy) is 1. The number of rotatable bonds is 7. The first kappa shape index (κ1) is 20.9. The SMILES string of the molecule is C#Cc1cnc2c(Cl)cc(OC(C)C(=S)NC(C)(C)C=NOCC)cc2c1. The Morgan fingerprint density at radius 3 is 2.89 bits per heavy atom. The fourth-order valence-electron chi connectivity index (χ4n) is 2.28. The Kier molecular flexibility index (Phi) is 7.00. The molecule has 7 heteroatoms. The number of benzene rings is 1. The number of nitrogens with one attached hydrogen (secondary N) is 1. The van der Waals surface area contributed by atoms with E-state index in [-0.39, 0.29) is 6.10 Å². The van der Waals surface area contributed by atoms with Crippen LogP contribution in [0.4, 0.5) is 0 Å². The maximum atomic E-state index is 6.32. The lowest BCUT2D eigenvalue weighted by Crippen LogP contribution is -2.48. The van der Waals surface area contributed by atoms with Crippen molar-refractivity contribution in [2.75, 3.05) is 6.61 Å². The van der Waals surface area contributed by atoms with Gasteiger partial charge in [0.05, 0.1) is 22.3 Å². The second-order valence-corrected chi connectivity index (χ2v) is 7.32. The Hall–Kier alpha value is -2.36. The highest BCUT2D eigenvalue weighted by atomic mass is 35.5. The van der Waals surface area contributed by atoms with E-state index in [1.807, 2.05) is 39.8 Å². The first-order chi connectivity index (χ1) is 12.8. The lowest BCUT2D eigenvalue weighted by molar-refractivity contribution is 0.158. The minimum absolute atomic E-state index is 0.378. The molecule has 1 unspecified atom stereocenters.